The molecule has 4 rings (SSSR count). The molecule has 0 atom stereocenters. The lowest BCUT2D eigenvalue weighted by Crippen LogP contribution is -2.46. The second-order valence-corrected chi connectivity index (χ2v) is 7.32. The van der Waals surface area contributed by atoms with Gasteiger partial charge in [0.15, 0.2) is 0 Å². The highest BCUT2D eigenvalue weighted by molar-refractivity contribution is 6.32. The third-order valence-corrected chi connectivity index (χ3v) is 5.36. The number of rotatable bonds is 5. The van der Waals surface area contributed by atoms with Crippen LogP contribution in [0.1, 0.15) is 25.7 Å². The molecule has 24 heavy (non-hydrogen) atoms. The highest BCUT2D eigenvalue weighted by Crippen LogP contribution is 2.35. The maximum absolute atomic E-state index is 6.39. The zero-order valence-electron chi connectivity index (χ0n) is 13.9. The molecule has 0 radical (unpaired) electrons. The zero-order valence-corrected chi connectivity index (χ0v) is 14.7. The fourth-order valence-electron chi connectivity index (χ4n) is 3.30. The molecule has 2 heterocycles. The number of hydrogen-bond donors (Lipinski definition) is 1. The van der Waals surface area contributed by atoms with Gasteiger partial charge in [0, 0.05) is 31.2 Å². The Labute approximate surface area is 148 Å². The summed E-state index contributed by atoms with van der Waals surface area (Å²) in [4.78, 5) is 2.21. The van der Waals surface area contributed by atoms with Gasteiger partial charge in [0.05, 0.1) is 11.1 Å². The standard InChI is InChI=1S/C18H25ClN4O/c19-17-11-15(1-4-18(17)24-16-2-3-16)21-9-10-23(13-21)22-7-5-14(12-20)6-8-22/h1,4,9-11,14,16H,2-3,5-8,12-13,20H2. The molecular formula is C18H25ClN4O. The highest BCUT2D eigenvalue weighted by Gasteiger charge is 2.26. The molecule has 130 valence electrons. The summed E-state index contributed by atoms with van der Waals surface area (Å²) in [5.41, 5.74) is 6.88. The van der Waals surface area contributed by atoms with Crippen LogP contribution in [0, 0.1) is 5.92 Å². The molecule has 2 aliphatic heterocycles. The Morgan fingerprint density at radius 3 is 2.58 bits per heavy atom. The topological polar surface area (TPSA) is 45.0 Å². The van der Waals surface area contributed by atoms with E-state index in [-0.39, 0.29) is 0 Å². The summed E-state index contributed by atoms with van der Waals surface area (Å²) < 4.78 is 5.81. The predicted molar refractivity (Wildman–Crippen MR) is 96.8 cm³/mol. The summed E-state index contributed by atoms with van der Waals surface area (Å²) in [6.45, 7) is 3.79. The van der Waals surface area contributed by atoms with Crippen LogP contribution in [0.15, 0.2) is 30.6 Å². The van der Waals surface area contributed by atoms with Crippen molar-refractivity contribution in [3.63, 3.8) is 0 Å². The van der Waals surface area contributed by atoms with Crippen LogP contribution in [-0.2, 0) is 0 Å². The summed E-state index contributed by atoms with van der Waals surface area (Å²) in [7, 11) is 0. The number of hydrogen-bond acceptors (Lipinski definition) is 5. The Hall–Kier alpha value is -1.43. The quantitative estimate of drug-likeness (QED) is 0.886. The van der Waals surface area contributed by atoms with Crippen LogP contribution >= 0.6 is 11.6 Å². The van der Waals surface area contributed by atoms with Gasteiger partial charge in [-0.15, -0.1) is 0 Å². The van der Waals surface area contributed by atoms with Gasteiger partial charge >= 0.3 is 0 Å². The molecule has 0 bridgehead atoms. The number of anilines is 1. The van der Waals surface area contributed by atoms with Crippen molar-refractivity contribution in [1.29, 1.82) is 0 Å². The van der Waals surface area contributed by atoms with Gasteiger partial charge in [0.1, 0.15) is 12.4 Å². The van der Waals surface area contributed by atoms with E-state index in [1.807, 2.05) is 12.1 Å². The molecule has 0 amide bonds. The Kier molecular flexibility index (Phi) is 4.57. The van der Waals surface area contributed by atoms with Crippen molar-refractivity contribution in [2.45, 2.75) is 31.8 Å². The number of halogens is 1. The number of piperidine rings is 1. The zero-order chi connectivity index (χ0) is 16.5. The van der Waals surface area contributed by atoms with Crippen LogP contribution < -0.4 is 15.4 Å². The van der Waals surface area contributed by atoms with Gasteiger partial charge in [-0.3, -0.25) is 5.01 Å². The SMILES string of the molecule is NCC1CCN(N2C=CN(c3ccc(OC4CC4)c(Cl)c3)C2)CC1. The largest absolute Gasteiger partial charge is 0.489 e. The van der Waals surface area contributed by atoms with Crippen LogP contribution in [0.5, 0.6) is 5.75 Å². The van der Waals surface area contributed by atoms with Gasteiger partial charge in [0.2, 0.25) is 0 Å². The van der Waals surface area contributed by atoms with E-state index in [4.69, 9.17) is 22.1 Å². The van der Waals surface area contributed by atoms with Crippen LogP contribution in [0.2, 0.25) is 5.02 Å². The Morgan fingerprint density at radius 1 is 1.12 bits per heavy atom. The fraction of sp³-hybridized carbons (Fsp3) is 0.556. The normalized spacial score (nSPS) is 22.4. The predicted octanol–water partition coefficient (Wildman–Crippen LogP) is 3.02. The van der Waals surface area contributed by atoms with Crippen molar-refractivity contribution in [3.8, 4) is 5.75 Å². The monoisotopic (exact) mass is 348 g/mol. The van der Waals surface area contributed by atoms with E-state index in [0.717, 1.165) is 50.6 Å². The first kappa shape index (κ1) is 16.1. The van der Waals surface area contributed by atoms with Crippen molar-refractivity contribution < 1.29 is 4.74 Å². The molecule has 1 saturated heterocycles. The molecule has 2 N–H and O–H groups in total. The van der Waals surface area contributed by atoms with Gasteiger partial charge in [-0.2, -0.15) is 0 Å². The molecule has 0 spiro atoms. The fourth-order valence-corrected chi connectivity index (χ4v) is 3.52. The van der Waals surface area contributed by atoms with E-state index in [9.17, 15) is 0 Å². The van der Waals surface area contributed by atoms with Crippen molar-refractivity contribution in [1.82, 2.24) is 10.0 Å². The molecule has 1 aromatic rings. The third kappa shape index (κ3) is 3.48. The third-order valence-electron chi connectivity index (χ3n) is 5.07. The number of nitrogens with two attached hydrogens (primary N) is 1. The van der Waals surface area contributed by atoms with Crippen molar-refractivity contribution in [2.75, 3.05) is 31.2 Å². The Balaban J connectivity index is 1.36. The van der Waals surface area contributed by atoms with Crippen molar-refractivity contribution >= 4 is 17.3 Å². The van der Waals surface area contributed by atoms with Gasteiger partial charge < -0.3 is 15.4 Å². The average molecular weight is 349 g/mol. The van der Waals surface area contributed by atoms with Crippen molar-refractivity contribution in [3.05, 3.63) is 35.6 Å². The van der Waals surface area contributed by atoms with E-state index >= 15 is 0 Å². The maximum Gasteiger partial charge on any atom is 0.138 e. The minimum atomic E-state index is 0.368. The van der Waals surface area contributed by atoms with Crippen molar-refractivity contribution in [2.24, 2.45) is 11.7 Å². The van der Waals surface area contributed by atoms with Gasteiger partial charge in [-0.05, 0) is 56.3 Å². The Bertz CT molecular complexity index is 611. The first-order valence-corrected chi connectivity index (χ1v) is 9.23. The van der Waals surface area contributed by atoms with E-state index in [2.05, 4.69) is 33.4 Å². The summed E-state index contributed by atoms with van der Waals surface area (Å²) in [5, 5.41) is 5.39. The van der Waals surface area contributed by atoms with Crippen LogP contribution in [-0.4, -0.2) is 42.4 Å². The number of ether oxygens (including phenoxy) is 1. The smallest absolute Gasteiger partial charge is 0.138 e. The van der Waals surface area contributed by atoms with E-state index < -0.39 is 0 Å². The van der Waals surface area contributed by atoms with Gasteiger partial charge in [0.25, 0.3) is 0 Å². The van der Waals surface area contributed by atoms with E-state index in [1.54, 1.807) is 0 Å². The number of nitrogens with zero attached hydrogens (tertiary/aromatic N) is 3. The molecular weight excluding hydrogens is 324 g/mol. The van der Waals surface area contributed by atoms with E-state index in [1.165, 1.54) is 12.8 Å². The summed E-state index contributed by atoms with van der Waals surface area (Å²) in [6.07, 6.45) is 9.27. The highest BCUT2D eigenvalue weighted by atomic mass is 35.5. The summed E-state index contributed by atoms with van der Waals surface area (Å²) in [6, 6.07) is 6.06. The average Bonchev–Trinajstić information content (AvgIpc) is 3.29. The number of hydrazine groups is 1. The van der Waals surface area contributed by atoms with Crippen LogP contribution in [0.4, 0.5) is 5.69 Å². The van der Waals surface area contributed by atoms with E-state index in [0.29, 0.717) is 17.0 Å². The van der Waals surface area contributed by atoms with Gasteiger partial charge in [-0.25, -0.2) is 5.01 Å². The molecule has 1 aliphatic carbocycles. The molecule has 1 aromatic carbocycles. The van der Waals surface area contributed by atoms with Crippen LogP contribution in [0.3, 0.4) is 0 Å². The molecule has 6 heteroatoms. The maximum atomic E-state index is 6.39. The van der Waals surface area contributed by atoms with Crippen LogP contribution in [0.25, 0.3) is 0 Å². The molecule has 3 aliphatic rings. The molecule has 0 aromatic heterocycles. The second kappa shape index (κ2) is 6.82. The first-order valence-electron chi connectivity index (χ1n) is 8.85. The van der Waals surface area contributed by atoms with Gasteiger partial charge in [-0.1, -0.05) is 11.6 Å². The molecule has 2 fully saturated rings. The lowest BCUT2D eigenvalue weighted by Gasteiger charge is -2.38. The molecule has 0 unspecified atom stereocenters. The molecule has 1 saturated carbocycles. The second-order valence-electron chi connectivity index (χ2n) is 6.91. The lowest BCUT2D eigenvalue weighted by atomic mass is 9.98. The minimum absolute atomic E-state index is 0.368. The summed E-state index contributed by atoms with van der Waals surface area (Å²) >= 11 is 6.39. The molecule has 5 nitrogen and oxygen atoms in total. The first-order chi connectivity index (χ1) is 11.7. The summed E-state index contributed by atoms with van der Waals surface area (Å²) in [5.74, 6) is 1.48. The lowest BCUT2D eigenvalue weighted by molar-refractivity contribution is -0.000196. The number of benzene rings is 1. The minimum Gasteiger partial charge on any atom is -0.489 e. The Morgan fingerprint density at radius 2 is 1.92 bits per heavy atom.